The third-order valence-corrected chi connectivity index (χ3v) is 3.31. The van der Waals surface area contributed by atoms with Crippen molar-refractivity contribution in [2.45, 2.75) is 18.9 Å². The van der Waals surface area contributed by atoms with E-state index in [1.807, 2.05) is 37.6 Å². The molecule has 0 aliphatic carbocycles. The molecular weight excluding hydrogens is 236 g/mol. The van der Waals surface area contributed by atoms with E-state index in [2.05, 4.69) is 28.5 Å². The molecule has 3 heteroatoms. The molecular formula is C16H20N2O. The number of methoxy groups -OCH3 is 1. The molecule has 1 aromatic carbocycles. The Kier molecular flexibility index (Phi) is 4.93. The first kappa shape index (κ1) is 13.6. The summed E-state index contributed by atoms with van der Waals surface area (Å²) in [6.07, 6.45) is 5.81. The smallest absolute Gasteiger partial charge is 0.118 e. The van der Waals surface area contributed by atoms with Crippen molar-refractivity contribution in [2.75, 3.05) is 14.2 Å². The minimum atomic E-state index is 0.353. The third-order valence-electron chi connectivity index (χ3n) is 3.31. The molecule has 2 rings (SSSR count). The first-order valence-corrected chi connectivity index (χ1v) is 6.53. The van der Waals surface area contributed by atoms with E-state index in [9.17, 15) is 0 Å². The number of ether oxygens (including phenoxy) is 1. The summed E-state index contributed by atoms with van der Waals surface area (Å²) >= 11 is 0. The van der Waals surface area contributed by atoms with Crippen LogP contribution in [0.15, 0.2) is 48.8 Å². The second kappa shape index (κ2) is 6.90. The molecule has 1 aromatic heterocycles. The largest absolute Gasteiger partial charge is 0.497 e. The highest BCUT2D eigenvalue weighted by atomic mass is 16.5. The van der Waals surface area contributed by atoms with Crippen LogP contribution in [0.25, 0.3) is 0 Å². The van der Waals surface area contributed by atoms with E-state index in [1.165, 1.54) is 11.1 Å². The van der Waals surface area contributed by atoms with Crippen LogP contribution in [0.5, 0.6) is 5.75 Å². The lowest BCUT2D eigenvalue weighted by Crippen LogP contribution is -2.17. The van der Waals surface area contributed by atoms with E-state index in [1.54, 1.807) is 7.11 Å². The second-order valence-electron chi connectivity index (χ2n) is 4.51. The minimum Gasteiger partial charge on any atom is -0.497 e. The van der Waals surface area contributed by atoms with Crippen LogP contribution in [0.3, 0.4) is 0 Å². The summed E-state index contributed by atoms with van der Waals surface area (Å²) in [6, 6.07) is 12.7. The van der Waals surface area contributed by atoms with Crippen LogP contribution in [0, 0.1) is 0 Å². The van der Waals surface area contributed by atoms with Crippen molar-refractivity contribution in [3.63, 3.8) is 0 Å². The molecule has 1 atom stereocenters. The quantitative estimate of drug-likeness (QED) is 0.862. The van der Waals surface area contributed by atoms with Crippen molar-refractivity contribution < 1.29 is 4.74 Å². The zero-order chi connectivity index (χ0) is 13.5. The highest BCUT2D eigenvalue weighted by Crippen LogP contribution is 2.21. The minimum absolute atomic E-state index is 0.353. The Hall–Kier alpha value is -1.87. The molecule has 0 aliphatic rings. The normalized spacial score (nSPS) is 12.1. The summed E-state index contributed by atoms with van der Waals surface area (Å²) in [7, 11) is 3.69. The maximum absolute atomic E-state index is 5.18. The first-order chi connectivity index (χ1) is 9.33. The SMILES string of the molecule is CNC(CCc1cccnc1)c1ccc(OC)cc1. The van der Waals surface area contributed by atoms with Crippen LogP contribution in [-0.2, 0) is 6.42 Å². The van der Waals surface area contributed by atoms with Gasteiger partial charge in [-0.3, -0.25) is 4.98 Å². The van der Waals surface area contributed by atoms with Crippen LogP contribution in [0.2, 0.25) is 0 Å². The fraction of sp³-hybridized carbons (Fsp3) is 0.312. The van der Waals surface area contributed by atoms with Crippen LogP contribution >= 0.6 is 0 Å². The van der Waals surface area contributed by atoms with E-state index in [0.29, 0.717) is 6.04 Å². The van der Waals surface area contributed by atoms with Gasteiger partial charge < -0.3 is 10.1 Å². The maximum Gasteiger partial charge on any atom is 0.118 e. The number of rotatable bonds is 6. The van der Waals surface area contributed by atoms with Gasteiger partial charge in [0, 0.05) is 18.4 Å². The number of benzene rings is 1. The van der Waals surface area contributed by atoms with Crippen LogP contribution < -0.4 is 10.1 Å². The fourth-order valence-corrected chi connectivity index (χ4v) is 2.17. The number of hydrogen-bond acceptors (Lipinski definition) is 3. The van der Waals surface area contributed by atoms with Crippen molar-refractivity contribution in [2.24, 2.45) is 0 Å². The van der Waals surface area contributed by atoms with Crippen LogP contribution in [0.4, 0.5) is 0 Å². The molecule has 1 N–H and O–H groups in total. The molecule has 0 saturated carbocycles. The first-order valence-electron chi connectivity index (χ1n) is 6.53. The van der Waals surface area contributed by atoms with Gasteiger partial charge in [-0.05, 0) is 49.2 Å². The van der Waals surface area contributed by atoms with Crippen LogP contribution in [0.1, 0.15) is 23.6 Å². The Balaban J connectivity index is 1.99. The lowest BCUT2D eigenvalue weighted by atomic mass is 10.00. The predicted molar refractivity (Wildman–Crippen MR) is 77.4 cm³/mol. The summed E-state index contributed by atoms with van der Waals surface area (Å²) in [5, 5.41) is 3.36. The van der Waals surface area contributed by atoms with Gasteiger partial charge in [0.1, 0.15) is 5.75 Å². The number of nitrogens with one attached hydrogen (secondary N) is 1. The van der Waals surface area contributed by atoms with Crippen molar-refractivity contribution in [3.8, 4) is 5.75 Å². The molecule has 0 saturated heterocycles. The lowest BCUT2D eigenvalue weighted by Gasteiger charge is -2.17. The zero-order valence-electron chi connectivity index (χ0n) is 11.5. The summed E-state index contributed by atoms with van der Waals surface area (Å²) in [5.41, 5.74) is 2.56. The molecule has 19 heavy (non-hydrogen) atoms. The Morgan fingerprint density at radius 1 is 1.21 bits per heavy atom. The summed E-state index contributed by atoms with van der Waals surface area (Å²) in [4.78, 5) is 4.15. The number of hydrogen-bond donors (Lipinski definition) is 1. The van der Waals surface area contributed by atoms with Gasteiger partial charge in [0.05, 0.1) is 7.11 Å². The van der Waals surface area contributed by atoms with E-state index in [4.69, 9.17) is 4.74 Å². The molecule has 100 valence electrons. The van der Waals surface area contributed by atoms with E-state index in [0.717, 1.165) is 18.6 Å². The Morgan fingerprint density at radius 3 is 2.58 bits per heavy atom. The van der Waals surface area contributed by atoms with Gasteiger partial charge in [-0.2, -0.15) is 0 Å². The van der Waals surface area contributed by atoms with Gasteiger partial charge in [-0.25, -0.2) is 0 Å². The molecule has 0 bridgehead atoms. The highest BCUT2D eigenvalue weighted by Gasteiger charge is 2.09. The summed E-state index contributed by atoms with van der Waals surface area (Å²) < 4.78 is 5.18. The van der Waals surface area contributed by atoms with Gasteiger partial charge in [0.25, 0.3) is 0 Å². The molecule has 0 fully saturated rings. The Morgan fingerprint density at radius 2 is 2.00 bits per heavy atom. The van der Waals surface area contributed by atoms with Crippen molar-refractivity contribution in [1.82, 2.24) is 10.3 Å². The number of pyridine rings is 1. The monoisotopic (exact) mass is 256 g/mol. The standard InChI is InChI=1S/C16H20N2O/c1-17-16(10-5-13-4-3-11-18-12-13)14-6-8-15(19-2)9-7-14/h3-4,6-9,11-12,16-17H,5,10H2,1-2H3. The van der Waals surface area contributed by atoms with Gasteiger partial charge in [0.15, 0.2) is 0 Å². The van der Waals surface area contributed by atoms with Crippen molar-refractivity contribution >= 4 is 0 Å². The average molecular weight is 256 g/mol. The maximum atomic E-state index is 5.18. The number of nitrogens with zero attached hydrogens (tertiary/aromatic N) is 1. The summed E-state index contributed by atoms with van der Waals surface area (Å²) in [5.74, 6) is 0.894. The molecule has 0 spiro atoms. The van der Waals surface area contributed by atoms with E-state index >= 15 is 0 Å². The third kappa shape index (κ3) is 3.80. The molecule has 1 unspecified atom stereocenters. The van der Waals surface area contributed by atoms with E-state index < -0.39 is 0 Å². The fourth-order valence-electron chi connectivity index (χ4n) is 2.17. The molecule has 0 radical (unpaired) electrons. The number of aryl methyl sites for hydroxylation is 1. The zero-order valence-corrected chi connectivity index (χ0v) is 11.5. The Bertz CT molecular complexity index is 482. The average Bonchev–Trinajstić information content (AvgIpc) is 2.49. The topological polar surface area (TPSA) is 34.2 Å². The van der Waals surface area contributed by atoms with Gasteiger partial charge in [0.2, 0.25) is 0 Å². The summed E-state index contributed by atoms with van der Waals surface area (Å²) in [6.45, 7) is 0. The predicted octanol–water partition coefficient (Wildman–Crippen LogP) is 2.98. The molecule has 0 aliphatic heterocycles. The molecule has 0 amide bonds. The van der Waals surface area contributed by atoms with Crippen LogP contribution in [-0.4, -0.2) is 19.1 Å². The van der Waals surface area contributed by atoms with Gasteiger partial charge in [-0.1, -0.05) is 18.2 Å². The molecule has 2 aromatic rings. The Labute approximate surface area is 114 Å². The molecule has 3 nitrogen and oxygen atoms in total. The van der Waals surface area contributed by atoms with Gasteiger partial charge >= 0.3 is 0 Å². The van der Waals surface area contributed by atoms with Gasteiger partial charge in [-0.15, -0.1) is 0 Å². The van der Waals surface area contributed by atoms with Crippen molar-refractivity contribution in [1.29, 1.82) is 0 Å². The van der Waals surface area contributed by atoms with E-state index in [-0.39, 0.29) is 0 Å². The molecule has 1 heterocycles. The highest BCUT2D eigenvalue weighted by molar-refractivity contribution is 5.29. The number of aromatic nitrogens is 1. The second-order valence-corrected chi connectivity index (χ2v) is 4.51. The lowest BCUT2D eigenvalue weighted by molar-refractivity contribution is 0.414. The van der Waals surface area contributed by atoms with Crippen molar-refractivity contribution in [3.05, 3.63) is 59.9 Å².